The van der Waals surface area contributed by atoms with Crippen LogP contribution in [0.4, 0.5) is 5.69 Å². The molecule has 0 heterocycles. The molecule has 0 atom stereocenters. The quantitative estimate of drug-likeness (QED) is 0.683. The fourth-order valence-electron chi connectivity index (χ4n) is 1.61. The number of ether oxygens (including phenoxy) is 2. The molecule has 0 aromatic heterocycles. The predicted octanol–water partition coefficient (Wildman–Crippen LogP) is 2.72. The lowest BCUT2D eigenvalue weighted by molar-refractivity contribution is 0.0601. The molecule has 0 saturated carbocycles. The van der Waals surface area contributed by atoms with Gasteiger partial charge in [0.15, 0.2) is 0 Å². The molecule has 0 unspecified atom stereocenters. The normalized spacial score (nSPS) is 9.60. The third-order valence-electron chi connectivity index (χ3n) is 2.64. The Hall–Kier alpha value is -3.00. The predicted molar refractivity (Wildman–Crippen MR) is 73.4 cm³/mol. The van der Waals surface area contributed by atoms with Crippen molar-refractivity contribution in [2.45, 2.75) is 0 Å². The van der Waals surface area contributed by atoms with E-state index in [1.807, 2.05) is 6.07 Å². The van der Waals surface area contributed by atoms with Crippen LogP contribution in [0.1, 0.15) is 15.9 Å². The number of methoxy groups -OCH3 is 1. The molecule has 0 spiro atoms. The van der Waals surface area contributed by atoms with Crippen LogP contribution >= 0.6 is 0 Å². The van der Waals surface area contributed by atoms with E-state index >= 15 is 0 Å². The van der Waals surface area contributed by atoms with Crippen LogP contribution in [0.3, 0.4) is 0 Å². The summed E-state index contributed by atoms with van der Waals surface area (Å²) in [5.74, 6) is 0.533. The van der Waals surface area contributed by atoms with Crippen LogP contribution in [0.2, 0.25) is 0 Å². The summed E-state index contributed by atoms with van der Waals surface area (Å²) in [6.07, 6.45) is 0. The van der Waals surface area contributed by atoms with Gasteiger partial charge in [0.1, 0.15) is 11.5 Å². The minimum Gasteiger partial charge on any atom is -0.465 e. The standard InChI is InChI=1S/C15H12N2O3/c1-19-15(18)11-4-7-14(13(17)8-11)20-12-5-2-10(9-16)3-6-12/h2-8H,17H2,1H3. The highest BCUT2D eigenvalue weighted by Crippen LogP contribution is 2.28. The molecular formula is C15H12N2O3. The molecule has 0 saturated heterocycles. The molecule has 2 aromatic carbocycles. The monoisotopic (exact) mass is 268 g/mol. The van der Waals surface area contributed by atoms with Crippen LogP contribution in [-0.4, -0.2) is 13.1 Å². The fourth-order valence-corrected chi connectivity index (χ4v) is 1.61. The Labute approximate surface area is 116 Å². The Kier molecular flexibility index (Phi) is 3.87. The van der Waals surface area contributed by atoms with E-state index < -0.39 is 5.97 Å². The molecule has 2 N–H and O–H groups in total. The third kappa shape index (κ3) is 2.87. The lowest BCUT2D eigenvalue weighted by atomic mass is 10.2. The molecule has 2 aromatic rings. The molecule has 20 heavy (non-hydrogen) atoms. The Morgan fingerprint density at radius 3 is 2.45 bits per heavy atom. The molecule has 5 heteroatoms. The lowest BCUT2D eigenvalue weighted by Crippen LogP contribution is -2.02. The molecule has 5 nitrogen and oxygen atoms in total. The van der Waals surface area contributed by atoms with Crippen molar-refractivity contribution in [2.75, 3.05) is 12.8 Å². The summed E-state index contributed by atoms with van der Waals surface area (Å²) in [4.78, 5) is 11.4. The molecule has 0 aliphatic carbocycles. The van der Waals surface area contributed by atoms with E-state index in [9.17, 15) is 4.79 Å². The molecule has 0 fully saturated rings. The molecule has 0 amide bonds. The highest BCUT2D eigenvalue weighted by Gasteiger charge is 2.09. The largest absolute Gasteiger partial charge is 0.465 e. The molecule has 100 valence electrons. The fraction of sp³-hybridized carbons (Fsp3) is 0.0667. The van der Waals surface area contributed by atoms with Crippen LogP contribution in [0.15, 0.2) is 42.5 Å². The van der Waals surface area contributed by atoms with E-state index in [2.05, 4.69) is 4.74 Å². The van der Waals surface area contributed by atoms with Gasteiger partial charge in [0.25, 0.3) is 0 Å². The van der Waals surface area contributed by atoms with E-state index in [-0.39, 0.29) is 0 Å². The number of benzene rings is 2. The van der Waals surface area contributed by atoms with E-state index in [4.69, 9.17) is 15.7 Å². The minimum atomic E-state index is -0.457. The number of hydrogen-bond acceptors (Lipinski definition) is 5. The first-order valence-corrected chi connectivity index (χ1v) is 5.80. The minimum absolute atomic E-state index is 0.331. The summed E-state index contributed by atoms with van der Waals surface area (Å²) >= 11 is 0. The van der Waals surface area contributed by atoms with Gasteiger partial charge in [-0.25, -0.2) is 4.79 Å². The van der Waals surface area contributed by atoms with Gasteiger partial charge < -0.3 is 15.2 Å². The average Bonchev–Trinajstić information content (AvgIpc) is 2.49. The molecular weight excluding hydrogens is 256 g/mol. The summed E-state index contributed by atoms with van der Waals surface area (Å²) in [6.45, 7) is 0. The van der Waals surface area contributed by atoms with Crippen molar-refractivity contribution in [1.82, 2.24) is 0 Å². The van der Waals surface area contributed by atoms with Crippen molar-refractivity contribution in [2.24, 2.45) is 0 Å². The smallest absolute Gasteiger partial charge is 0.337 e. The molecule has 2 rings (SSSR count). The maximum absolute atomic E-state index is 11.4. The van der Waals surface area contributed by atoms with Gasteiger partial charge in [0.05, 0.1) is 30.0 Å². The van der Waals surface area contributed by atoms with E-state index in [0.717, 1.165) is 0 Å². The van der Waals surface area contributed by atoms with Crippen molar-refractivity contribution >= 4 is 11.7 Å². The second-order valence-electron chi connectivity index (χ2n) is 3.98. The van der Waals surface area contributed by atoms with Crippen LogP contribution in [0.25, 0.3) is 0 Å². The molecule has 0 bridgehead atoms. The first-order chi connectivity index (χ1) is 9.63. The Morgan fingerprint density at radius 1 is 1.20 bits per heavy atom. The van der Waals surface area contributed by atoms with Gasteiger partial charge in [-0.1, -0.05) is 0 Å². The van der Waals surface area contributed by atoms with Crippen molar-refractivity contribution in [3.63, 3.8) is 0 Å². The van der Waals surface area contributed by atoms with Gasteiger partial charge in [0.2, 0.25) is 0 Å². The third-order valence-corrected chi connectivity index (χ3v) is 2.64. The number of nitrogen functional groups attached to an aromatic ring is 1. The average molecular weight is 268 g/mol. The van der Waals surface area contributed by atoms with E-state index in [0.29, 0.717) is 28.3 Å². The number of rotatable bonds is 3. The van der Waals surface area contributed by atoms with Crippen molar-refractivity contribution < 1.29 is 14.3 Å². The number of carbonyl (C=O) groups excluding carboxylic acids is 1. The first-order valence-electron chi connectivity index (χ1n) is 5.80. The van der Waals surface area contributed by atoms with Gasteiger partial charge in [0, 0.05) is 0 Å². The molecule has 0 aliphatic heterocycles. The Balaban J connectivity index is 2.21. The molecule has 0 aliphatic rings. The first kappa shape index (κ1) is 13.4. The number of anilines is 1. The highest BCUT2D eigenvalue weighted by molar-refractivity contribution is 5.90. The summed E-state index contributed by atoms with van der Waals surface area (Å²) in [6, 6.07) is 13.3. The maximum atomic E-state index is 11.4. The summed E-state index contributed by atoms with van der Waals surface area (Å²) < 4.78 is 10.2. The number of esters is 1. The van der Waals surface area contributed by atoms with Gasteiger partial charge in [-0.15, -0.1) is 0 Å². The van der Waals surface area contributed by atoms with Crippen molar-refractivity contribution in [3.8, 4) is 17.6 Å². The van der Waals surface area contributed by atoms with Crippen LogP contribution in [0.5, 0.6) is 11.5 Å². The second-order valence-corrected chi connectivity index (χ2v) is 3.98. The highest BCUT2D eigenvalue weighted by atomic mass is 16.5. The van der Waals surface area contributed by atoms with Gasteiger partial charge in [-0.05, 0) is 42.5 Å². The van der Waals surface area contributed by atoms with Crippen LogP contribution in [-0.2, 0) is 4.74 Å². The molecule has 0 radical (unpaired) electrons. The zero-order valence-electron chi connectivity index (χ0n) is 10.8. The van der Waals surface area contributed by atoms with Crippen LogP contribution in [0, 0.1) is 11.3 Å². The zero-order chi connectivity index (χ0) is 14.5. The SMILES string of the molecule is COC(=O)c1ccc(Oc2ccc(C#N)cc2)c(N)c1. The summed E-state index contributed by atoms with van der Waals surface area (Å²) in [5.41, 5.74) is 7.07. The van der Waals surface area contributed by atoms with Gasteiger partial charge in [-0.2, -0.15) is 5.26 Å². The second kappa shape index (κ2) is 5.76. The number of nitrogens with zero attached hydrogens (tertiary/aromatic N) is 1. The topological polar surface area (TPSA) is 85.3 Å². The lowest BCUT2D eigenvalue weighted by Gasteiger charge is -2.09. The zero-order valence-corrected chi connectivity index (χ0v) is 10.8. The number of carbonyl (C=O) groups is 1. The van der Waals surface area contributed by atoms with Crippen molar-refractivity contribution in [1.29, 1.82) is 5.26 Å². The van der Waals surface area contributed by atoms with Gasteiger partial charge >= 0.3 is 5.97 Å². The number of nitriles is 1. The Morgan fingerprint density at radius 2 is 1.90 bits per heavy atom. The maximum Gasteiger partial charge on any atom is 0.337 e. The Bertz CT molecular complexity index is 673. The van der Waals surface area contributed by atoms with Gasteiger partial charge in [-0.3, -0.25) is 0 Å². The summed E-state index contributed by atoms with van der Waals surface area (Å²) in [7, 11) is 1.31. The number of nitrogens with two attached hydrogens (primary N) is 1. The van der Waals surface area contributed by atoms with E-state index in [1.54, 1.807) is 36.4 Å². The number of hydrogen-bond donors (Lipinski definition) is 1. The van der Waals surface area contributed by atoms with E-state index in [1.165, 1.54) is 13.2 Å². The van der Waals surface area contributed by atoms with Crippen molar-refractivity contribution in [3.05, 3.63) is 53.6 Å². The summed E-state index contributed by atoms with van der Waals surface area (Å²) in [5, 5.41) is 8.71. The van der Waals surface area contributed by atoms with Crippen LogP contribution < -0.4 is 10.5 Å².